The van der Waals surface area contributed by atoms with Crippen LogP contribution in [0.5, 0.6) is 0 Å². The maximum absolute atomic E-state index is 12.4. The Morgan fingerprint density at radius 1 is 1.35 bits per heavy atom. The number of rotatable bonds is 5. The first-order valence-corrected chi connectivity index (χ1v) is 8.63. The van der Waals surface area contributed by atoms with Gasteiger partial charge in [0.25, 0.3) is 0 Å². The smallest absolute Gasteiger partial charge is 0.136 e. The molecule has 0 aliphatic rings. The second-order valence-corrected chi connectivity index (χ2v) is 9.26. The van der Waals surface area contributed by atoms with E-state index in [0.29, 0.717) is 6.42 Å². The zero-order valence-corrected chi connectivity index (χ0v) is 15.1. The summed E-state index contributed by atoms with van der Waals surface area (Å²) in [6.45, 7) is 9.52. The Hall–Kier alpha value is -0.0700. The van der Waals surface area contributed by atoms with Crippen molar-refractivity contribution in [3.63, 3.8) is 0 Å². The van der Waals surface area contributed by atoms with Gasteiger partial charge in [0.1, 0.15) is 4.75 Å². The molecule has 0 bridgehead atoms. The predicted molar refractivity (Wildman–Crippen MR) is 88.8 cm³/mol. The molecule has 0 aromatic heterocycles. The lowest BCUT2D eigenvalue weighted by Gasteiger charge is -2.36. The van der Waals surface area contributed by atoms with Gasteiger partial charge in [0.05, 0.1) is 11.6 Å². The largest absolute Gasteiger partial charge is 0.598 e. The highest BCUT2D eigenvalue weighted by Gasteiger charge is 2.37. The quantitative estimate of drug-likeness (QED) is 0.789. The van der Waals surface area contributed by atoms with Gasteiger partial charge in [-0.1, -0.05) is 28.1 Å². The molecule has 2 N–H and O–H groups in total. The Balaban J connectivity index is 3.09. The van der Waals surface area contributed by atoms with Crippen molar-refractivity contribution >= 4 is 27.3 Å². The molecule has 0 spiro atoms. The van der Waals surface area contributed by atoms with E-state index >= 15 is 0 Å². The zero-order chi connectivity index (χ0) is 15.6. The van der Waals surface area contributed by atoms with Gasteiger partial charge in [-0.2, -0.15) is 0 Å². The molecule has 2 unspecified atom stereocenters. The molecular formula is C15H24BrNO2S. The molecular weight excluding hydrogens is 338 g/mol. The van der Waals surface area contributed by atoms with Crippen LogP contribution in [0, 0.1) is 0 Å². The van der Waals surface area contributed by atoms with Crippen molar-refractivity contribution in [1.29, 1.82) is 0 Å². The predicted octanol–water partition coefficient (Wildman–Crippen LogP) is 3.49. The van der Waals surface area contributed by atoms with Crippen LogP contribution in [0.2, 0.25) is 0 Å². The third-order valence-corrected chi connectivity index (χ3v) is 5.28. The van der Waals surface area contributed by atoms with Crippen molar-refractivity contribution < 1.29 is 9.66 Å². The molecule has 1 aromatic rings. The molecule has 5 heteroatoms. The fourth-order valence-corrected chi connectivity index (χ4v) is 3.31. The average Bonchev–Trinajstić information content (AvgIpc) is 2.26. The molecule has 20 heavy (non-hydrogen) atoms. The molecule has 0 heterocycles. The maximum Gasteiger partial charge on any atom is 0.136 e. The van der Waals surface area contributed by atoms with Crippen LogP contribution in [0.15, 0.2) is 28.7 Å². The highest BCUT2D eigenvalue weighted by atomic mass is 79.9. The molecule has 1 rings (SSSR count). The first kappa shape index (κ1) is 18.0. The van der Waals surface area contributed by atoms with Gasteiger partial charge in [0, 0.05) is 15.8 Å². The fraction of sp³-hybridized carbons (Fsp3) is 0.600. The molecule has 114 valence electrons. The topological polar surface area (TPSA) is 55.3 Å². The van der Waals surface area contributed by atoms with Crippen molar-refractivity contribution in [2.45, 2.75) is 57.4 Å². The number of aliphatic hydroxyl groups excluding tert-OH is 1. The molecule has 0 radical (unpaired) electrons. The average molecular weight is 362 g/mol. The van der Waals surface area contributed by atoms with Crippen LogP contribution < -0.4 is 4.72 Å². The van der Waals surface area contributed by atoms with E-state index < -0.39 is 23.0 Å². The van der Waals surface area contributed by atoms with Crippen molar-refractivity contribution in [3.8, 4) is 0 Å². The summed E-state index contributed by atoms with van der Waals surface area (Å²) in [7, 11) is 0. The summed E-state index contributed by atoms with van der Waals surface area (Å²) < 4.78 is 16.2. The van der Waals surface area contributed by atoms with Crippen molar-refractivity contribution in [1.82, 2.24) is 4.72 Å². The number of benzene rings is 1. The molecule has 1 aromatic carbocycles. The van der Waals surface area contributed by atoms with E-state index in [9.17, 15) is 9.66 Å². The van der Waals surface area contributed by atoms with Gasteiger partial charge in [-0.15, -0.1) is 4.72 Å². The molecule has 0 fully saturated rings. The minimum absolute atomic E-state index is 0.355. The Kier molecular flexibility index (Phi) is 6.11. The highest BCUT2D eigenvalue weighted by molar-refractivity contribution is 9.10. The van der Waals surface area contributed by atoms with Gasteiger partial charge < -0.3 is 9.66 Å². The minimum atomic E-state index is -1.21. The minimum Gasteiger partial charge on any atom is -0.598 e. The van der Waals surface area contributed by atoms with Crippen molar-refractivity contribution in [3.05, 3.63) is 34.3 Å². The van der Waals surface area contributed by atoms with Crippen LogP contribution in [0.25, 0.3) is 0 Å². The van der Waals surface area contributed by atoms with Gasteiger partial charge in [0.2, 0.25) is 0 Å². The van der Waals surface area contributed by atoms with E-state index in [1.165, 1.54) is 0 Å². The van der Waals surface area contributed by atoms with Crippen molar-refractivity contribution in [2.75, 3.05) is 0 Å². The van der Waals surface area contributed by atoms with Crippen molar-refractivity contribution in [2.24, 2.45) is 0 Å². The molecule has 0 aliphatic heterocycles. The third kappa shape index (κ3) is 5.04. The first-order valence-electron chi connectivity index (χ1n) is 6.68. The number of aliphatic hydroxyl groups is 1. The fourth-order valence-electron chi connectivity index (χ4n) is 2.00. The summed E-state index contributed by atoms with van der Waals surface area (Å²) in [6.07, 6.45) is 0.00843. The Bertz CT molecular complexity index is 448. The van der Waals surface area contributed by atoms with E-state index in [0.717, 1.165) is 10.0 Å². The summed E-state index contributed by atoms with van der Waals surface area (Å²) in [5.41, 5.74) is 0.459. The summed E-state index contributed by atoms with van der Waals surface area (Å²) in [6, 6.07) is 7.88. The van der Waals surface area contributed by atoms with Crippen LogP contribution in [0.4, 0.5) is 0 Å². The number of halogens is 1. The SMILES string of the molecule is CC(O)C[C@](C)(N[S+]([O-])C(C)(C)C)c1cccc(Br)c1. The van der Waals surface area contributed by atoms with E-state index in [1.54, 1.807) is 6.92 Å². The Morgan fingerprint density at radius 3 is 2.40 bits per heavy atom. The monoisotopic (exact) mass is 361 g/mol. The lowest BCUT2D eigenvalue weighted by molar-refractivity contribution is 0.147. The van der Waals surface area contributed by atoms with E-state index in [4.69, 9.17) is 0 Å². The van der Waals surface area contributed by atoms with Crippen LogP contribution >= 0.6 is 15.9 Å². The van der Waals surface area contributed by atoms with Gasteiger partial charge >= 0.3 is 0 Å². The second kappa shape index (κ2) is 6.79. The van der Waals surface area contributed by atoms with Gasteiger partial charge in [-0.3, -0.25) is 0 Å². The lowest BCUT2D eigenvalue weighted by atomic mass is 9.88. The molecule has 0 saturated carbocycles. The molecule has 3 nitrogen and oxygen atoms in total. The lowest BCUT2D eigenvalue weighted by Crippen LogP contribution is -2.51. The van der Waals surface area contributed by atoms with E-state index in [1.807, 2.05) is 52.0 Å². The van der Waals surface area contributed by atoms with Crippen LogP contribution in [0.3, 0.4) is 0 Å². The van der Waals surface area contributed by atoms with Crippen LogP contribution in [0.1, 0.15) is 46.6 Å². The summed E-state index contributed by atoms with van der Waals surface area (Å²) >= 11 is 2.25. The van der Waals surface area contributed by atoms with Gasteiger partial charge in [0.15, 0.2) is 0 Å². The second-order valence-electron chi connectivity index (χ2n) is 6.38. The standard InChI is InChI=1S/C15H24BrNO2S/c1-11(18)10-15(5,17-20(19)14(2,3)4)12-7-6-8-13(16)9-12/h6-9,11,17-18H,10H2,1-5H3/t11?,15-,20?/m0/s1. The summed E-state index contributed by atoms with van der Waals surface area (Å²) in [5, 5.41) is 9.78. The van der Waals surface area contributed by atoms with E-state index in [2.05, 4.69) is 20.7 Å². The zero-order valence-electron chi connectivity index (χ0n) is 12.7. The van der Waals surface area contributed by atoms with Gasteiger partial charge in [-0.25, -0.2) is 0 Å². The number of hydrogen-bond acceptors (Lipinski definition) is 3. The molecule has 0 amide bonds. The highest BCUT2D eigenvalue weighted by Crippen LogP contribution is 2.31. The van der Waals surface area contributed by atoms with E-state index in [-0.39, 0.29) is 4.75 Å². The third-order valence-electron chi connectivity index (χ3n) is 3.04. The molecule has 0 aliphatic carbocycles. The summed E-state index contributed by atoms with van der Waals surface area (Å²) in [4.78, 5) is 0. The molecule has 3 atom stereocenters. The molecule has 0 saturated heterocycles. The number of hydrogen-bond donors (Lipinski definition) is 2. The maximum atomic E-state index is 12.4. The summed E-state index contributed by atoms with van der Waals surface area (Å²) in [5.74, 6) is 0. The van der Waals surface area contributed by atoms with Crippen LogP contribution in [-0.2, 0) is 16.9 Å². The Morgan fingerprint density at radius 2 is 1.95 bits per heavy atom. The first-order chi connectivity index (χ1) is 9.04. The van der Waals surface area contributed by atoms with Crippen LogP contribution in [-0.4, -0.2) is 20.5 Å². The van der Waals surface area contributed by atoms with Gasteiger partial charge in [-0.05, 0) is 58.7 Å². The Labute approximate surface area is 133 Å². The normalized spacial score (nSPS) is 18.4. The number of nitrogens with one attached hydrogen (secondary N) is 1.